The number of carbonyl (C=O) groups is 2. The van der Waals surface area contributed by atoms with E-state index in [9.17, 15) is 23.1 Å². The minimum atomic E-state index is -4.86. The molecule has 0 aromatic heterocycles. The third kappa shape index (κ3) is 9.66. The van der Waals surface area contributed by atoms with Gasteiger partial charge in [0, 0.05) is 12.4 Å². The molecule has 23 heavy (non-hydrogen) atoms. The number of hydrogen-bond donors (Lipinski definition) is 1. The summed E-state index contributed by atoms with van der Waals surface area (Å²) in [5.41, 5.74) is 0. The molecule has 0 aliphatic carbocycles. The molecule has 0 spiro atoms. The van der Waals surface area contributed by atoms with Crippen molar-refractivity contribution in [3.8, 4) is 0 Å². The van der Waals surface area contributed by atoms with E-state index in [4.69, 9.17) is 9.29 Å². The number of carboxylic acids is 1. The molecule has 9 heteroatoms. The molecule has 0 amide bonds. The van der Waals surface area contributed by atoms with Gasteiger partial charge in [0.05, 0.1) is 0 Å². The number of rotatable bonds is 11. The molecule has 0 saturated heterocycles. The van der Waals surface area contributed by atoms with Crippen molar-refractivity contribution in [2.24, 2.45) is 5.92 Å². The normalized spacial score (nSPS) is 14.0. The van der Waals surface area contributed by atoms with Gasteiger partial charge in [-0.25, -0.2) is 0 Å². The van der Waals surface area contributed by atoms with Crippen molar-refractivity contribution < 1.29 is 62.0 Å². The largest absolute Gasteiger partial charge is 1.00 e. The number of aliphatic carboxylic acids is 1. The number of carbonyl (C=O) groups excluding carboxylic acids is 2. The third-order valence-corrected chi connectivity index (χ3v) is 4.74. The summed E-state index contributed by atoms with van der Waals surface area (Å²) in [6, 6.07) is 0. The van der Waals surface area contributed by atoms with E-state index in [1.807, 2.05) is 20.8 Å². The van der Waals surface area contributed by atoms with Crippen molar-refractivity contribution >= 4 is 22.1 Å². The molecule has 2 atom stereocenters. The van der Waals surface area contributed by atoms with Crippen molar-refractivity contribution in [2.45, 2.75) is 70.7 Å². The first-order valence-corrected chi connectivity index (χ1v) is 9.04. The van der Waals surface area contributed by atoms with Gasteiger partial charge in [0.2, 0.25) is 0 Å². The van der Waals surface area contributed by atoms with Gasteiger partial charge in [0.1, 0.15) is 6.10 Å². The zero-order valence-corrected chi connectivity index (χ0v) is 17.1. The molecule has 7 nitrogen and oxygen atoms in total. The van der Waals surface area contributed by atoms with Crippen molar-refractivity contribution in [3.63, 3.8) is 0 Å². The summed E-state index contributed by atoms with van der Waals surface area (Å²) in [4.78, 5) is 22.6. The molecule has 0 aliphatic heterocycles. The quantitative estimate of drug-likeness (QED) is 0.255. The fraction of sp³-hybridized carbons (Fsp3) is 0.857. The second kappa shape index (κ2) is 12.2. The van der Waals surface area contributed by atoms with E-state index < -0.39 is 39.8 Å². The van der Waals surface area contributed by atoms with Crippen LogP contribution in [0.1, 0.15) is 59.3 Å². The number of unbranched alkanes of at least 4 members (excludes halogenated alkanes) is 1. The van der Waals surface area contributed by atoms with Crippen LogP contribution in [0, 0.1) is 5.92 Å². The van der Waals surface area contributed by atoms with Crippen LogP contribution in [-0.4, -0.2) is 36.3 Å². The molecule has 2 unspecified atom stereocenters. The topological polar surface area (TPSA) is 121 Å². The maximum absolute atomic E-state index is 12.0. The average molecular weight is 360 g/mol. The fourth-order valence-electron chi connectivity index (χ4n) is 2.30. The molecule has 130 valence electrons. The fourth-order valence-corrected chi connectivity index (χ4v) is 2.94. The predicted octanol–water partition coefficient (Wildman–Crippen LogP) is -2.07. The molecule has 0 aliphatic rings. The van der Waals surface area contributed by atoms with Crippen LogP contribution in [0.25, 0.3) is 0 Å². The standard InChI is InChI=1S/C14H26O7S.Na/c1-4-7-8-11(10(5-2)6-3)21-14(17)12(9-13(15)16)22(18,19)20;/h10-12H,4-9H2,1-3H3,(H,15,16)(H,18,19,20);/q;+1/p-1. The van der Waals surface area contributed by atoms with E-state index in [1.165, 1.54) is 0 Å². The SMILES string of the molecule is CCCCC(OC(=O)C(CC(=O)[O-])S(=O)(=O)O)C(CC)CC.[Na+]. The Bertz CT molecular complexity index is 460. The van der Waals surface area contributed by atoms with Crippen molar-refractivity contribution in [1.82, 2.24) is 0 Å². The van der Waals surface area contributed by atoms with Crippen LogP contribution in [0.5, 0.6) is 0 Å². The van der Waals surface area contributed by atoms with Crippen molar-refractivity contribution in [3.05, 3.63) is 0 Å². The molecule has 0 bridgehead atoms. The van der Waals surface area contributed by atoms with Crippen LogP contribution in [0.2, 0.25) is 0 Å². The Balaban J connectivity index is 0. The Labute approximate surface area is 160 Å². The Morgan fingerprint density at radius 3 is 2.04 bits per heavy atom. The summed E-state index contributed by atoms with van der Waals surface area (Å²) < 4.78 is 36.6. The van der Waals surface area contributed by atoms with Gasteiger partial charge >= 0.3 is 35.5 Å². The Hall–Kier alpha value is -0.150. The molecule has 0 saturated carbocycles. The Morgan fingerprint density at radius 2 is 1.70 bits per heavy atom. The van der Waals surface area contributed by atoms with Crippen LogP contribution in [0.4, 0.5) is 0 Å². The molecule has 0 fully saturated rings. The van der Waals surface area contributed by atoms with Gasteiger partial charge in [-0.15, -0.1) is 0 Å². The first-order chi connectivity index (χ1) is 10.2. The Kier molecular flexibility index (Phi) is 13.4. The maximum Gasteiger partial charge on any atom is 1.00 e. The van der Waals surface area contributed by atoms with Crippen LogP contribution in [0.15, 0.2) is 0 Å². The molecule has 0 radical (unpaired) electrons. The summed E-state index contributed by atoms with van der Waals surface area (Å²) in [6.45, 7) is 5.84. The second-order valence-electron chi connectivity index (χ2n) is 5.27. The minimum absolute atomic E-state index is 0. The molecular formula is C14H25NaO7S. The maximum atomic E-state index is 12.0. The second-order valence-corrected chi connectivity index (χ2v) is 6.87. The van der Waals surface area contributed by atoms with Crippen LogP contribution < -0.4 is 34.7 Å². The molecule has 0 heterocycles. The van der Waals surface area contributed by atoms with E-state index in [1.54, 1.807) is 0 Å². The number of carboxylic acid groups (broad SMARTS) is 1. The zero-order chi connectivity index (χ0) is 17.3. The molecule has 0 rings (SSSR count). The molecule has 0 aromatic rings. The van der Waals surface area contributed by atoms with Gasteiger partial charge in [-0.3, -0.25) is 9.35 Å². The van der Waals surface area contributed by atoms with E-state index >= 15 is 0 Å². The average Bonchev–Trinajstić information content (AvgIpc) is 2.41. The van der Waals surface area contributed by atoms with E-state index in [0.29, 0.717) is 6.42 Å². The number of esters is 1. The predicted molar refractivity (Wildman–Crippen MR) is 78.4 cm³/mol. The molecule has 0 aromatic carbocycles. The van der Waals surface area contributed by atoms with E-state index in [0.717, 1.165) is 25.7 Å². The summed E-state index contributed by atoms with van der Waals surface area (Å²) in [7, 11) is -4.86. The van der Waals surface area contributed by atoms with Gasteiger partial charge in [-0.05, 0) is 25.2 Å². The van der Waals surface area contributed by atoms with Gasteiger partial charge in [-0.2, -0.15) is 8.42 Å². The van der Waals surface area contributed by atoms with Gasteiger partial charge in [0.25, 0.3) is 10.1 Å². The van der Waals surface area contributed by atoms with Crippen LogP contribution in [-0.2, 0) is 24.4 Å². The first kappa shape index (κ1) is 25.1. The van der Waals surface area contributed by atoms with Crippen LogP contribution in [0.3, 0.4) is 0 Å². The minimum Gasteiger partial charge on any atom is -0.550 e. The number of hydrogen-bond acceptors (Lipinski definition) is 6. The van der Waals surface area contributed by atoms with Gasteiger partial charge < -0.3 is 14.6 Å². The smallest absolute Gasteiger partial charge is 0.550 e. The molecular weight excluding hydrogens is 335 g/mol. The van der Waals surface area contributed by atoms with E-state index in [2.05, 4.69) is 0 Å². The summed E-state index contributed by atoms with van der Waals surface area (Å²) in [5.74, 6) is -2.92. The number of ether oxygens (including phenoxy) is 1. The van der Waals surface area contributed by atoms with Crippen molar-refractivity contribution in [2.75, 3.05) is 0 Å². The Morgan fingerprint density at radius 1 is 1.17 bits per heavy atom. The van der Waals surface area contributed by atoms with Crippen LogP contribution >= 0.6 is 0 Å². The summed E-state index contributed by atoms with van der Waals surface area (Å²) in [5, 5.41) is 8.43. The first-order valence-electron chi connectivity index (χ1n) is 7.53. The zero-order valence-electron chi connectivity index (χ0n) is 14.3. The third-order valence-electron chi connectivity index (χ3n) is 3.66. The van der Waals surface area contributed by atoms with Crippen molar-refractivity contribution in [1.29, 1.82) is 0 Å². The van der Waals surface area contributed by atoms with Gasteiger partial charge in [-0.1, -0.05) is 33.6 Å². The van der Waals surface area contributed by atoms with E-state index in [-0.39, 0.29) is 35.5 Å². The monoisotopic (exact) mass is 360 g/mol. The molecule has 1 N–H and O–H groups in total. The summed E-state index contributed by atoms with van der Waals surface area (Å²) in [6.07, 6.45) is 2.12. The van der Waals surface area contributed by atoms with Gasteiger partial charge in [0.15, 0.2) is 5.25 Å². The summed E-state index contributed by atoms with van der Waals surface area (Å²) >= 11 is 0.